The van der Waals surface area contributed by atoms with E-state index in [9.17, 15) is 4.79 Å². The summed E-state index contributed by atoms with van der Waals surface area (Å²) in [5.41, 5.74) is 0. The van der Waals surface area contributed by atoms with Crippen LogP contribution in [0.4, 0.5) is 0 Å². The van der Waals surface area contributed by atoms with E-state index in [1.807, 2.05) is 0 Å². The minimum atomic E-state index is -0.182. The number of carbonyl (C=O) groups is 1. The van der Waals surface area contributed by atoms with Crippen LogP contribution in [0.25, 0.3) is 0 Å². The van der Waals surface area contributed by atoms with Crippen molar-refractivity contribution in [2.24, 2.45) is 0 Å². The summed E-state index contributed by atoms with van der Waals surface area (Å²) in [6.07, 6.45) is 2.05. The van der Waals surface area contributed by atoms with E-state index < -0.39 is 0 Å². The van der Waals surface area contributed by atoms with Gasteiger partial charge in [0.1, 0.15) is 0 Å². The molecule has 0 unspecified atom stereocenters. The number of esters is 1. The topological polar surface area (TPSA) is 26.3 Å². The van der Waals surface area contributed by atoms with E-state index in [1.54, 1.807) is 0 Å². The van der Waals surface area contributed by atoms with Gasteiger partial charge in [-0.25, -0.2) is 0 Å². The molecule has 0 aliphatic rings. The molecule has 0 aromatic heterocycles. The number of unbranched alkanes of at least 4 members (excludes halogenated alkanes) is 1. The van der Waals surface area contributed by atoms with Crippen LogP contribution in [0.1, 0.15) is 26.7 Å². The molecule has 3 heteroatoms. The van der Waals surface area contributed by atoms with E-state index in [-0.39, 0.29) is 29.9 Å². The van der Waals surface area contributed by atoms with E-state index in [0.717, 1.165) is 12.8 Å². The second-order valence-corrected chi connectivity index (χ2v) is 1.69. The minimum absolute atomic E-state index is 0. The van der Waals surface area contributed by atoms with Gasteiger partial charge in [-0.15, -0.1) is 0 Å². The number of rotatable bonds is 3. The van der Waals surface area contributed by atoms with Gasteiger partial charge in [0.15, 0.2) is 0 Å². The maximum absolute atomic E-state index is 10.1. The molecule has 0 amide bonds. The van der Waals surface area contributed by atoms with Gasteiger partial charge in [-0.1, -0.05) is 13.3 Å². The van der Waals surface area contributed by atoms with Crippen molar-refractivity contribution < 1.29 is 9.53 Å². The van der Waals surface area contributed by atoms with Crippen LogP contribution in [-0.4, -0.2) is 36.5 Å². The van der Waals surface area contributed by atoms with E-state index >= 15 is 0 Å². The zero-order valence-corrected chi connectivity index (χ0v) is 10.2. The molecule has 54 valence electrons. The van der Waals surface area contributed by atoms with Crippen molar-refractivity contribution in [3.8, 4) is 0 Å². The van der Waals surface area contributed by atoms with Crippen LogP contribution < -0.4 is 0 Å². The third kappa shape index (κ3) is 11.7. The first kappa shape index (κ1) is 12.0. The SMILES string of the molecule is CCCCOC(C)=O.[SnH2]. The first-order valence-electron chi connectivity index (χ1n) is 2.90. The van der Waals surface area contributed by atoms with E-state index in [4.69, 9.17) is 0 Å². The van der Waals surface area contributed by atoms with Crippen molar-refractivity contribution >= 4 is 29.9 Å². The Balaban J connectivity index is 0. The molecule has 0 heterocycles. The van der Waals surface area contributed by atoms with Crippen LogP contribution in [0.2, 0.25) is 0 Å². The Morgan fingerprint density at radius 3 is 2.44 bits per heavy atom. The monoisotopic (exact) mass is 238 g/mol. The molecule has 0 bridgehead atoms. The number of hydrogen-bond acceptors (Lipinski definition) is 2. The Hall–Kier alpha value is 0.269. The van der Waals surface area contributed by atoms with Crippen LogP contribution in [0, 0.1) is 0 Å². The summed E-state index contributed by atoms with van der Waals surface area (Å²) in [6.45, 7) is 4.06. The van der Waals surface area contributed by atoms with Crippen LogP contribution in [-0.2, 0) is 9.53 Å². The summed E-state index contributed by atoms with van der Waals surface area (Å²) >= 11 is 0. The van der Waals surface area contributed by atoms with Gasteiger partial charge >= 0.3 is 29.9 Å². The van der Waals surface area contributed by atoms with Gasteiger partial charge in [-0.3, -0.25) is 4.79 Å². The molecule has 0 fully saturated rings. The van der Waals surface area contributed by atoms with Crippen molar-refractivity contribution in [2.45, 2.75) is 26.7 Å². The Morgan fingerprint density at radius 2 is 2.11 bits per heavy atom. The van der Waals surface area contributed by atoms with Crippen molar-refractivity contribution in [3.05, 3.63) is 0 Å². The molecule has 0 spiro atoms. The number of ether oxygens (including phenoxy) is 1. The summed E-state index contributed by atoms with van der Waals surface area (Å²) in [4.78, 5) is 10.1. The van der Waals surface area contributed by atoms with Crippen molar-refractivity contribution in [2.75, 3.05) is 6.61 Å². The van der Waals surface area contributed by atoms with E-state index in [0.29, 0.717) is 6.61 Å². The van der Waals surface area contributed by atoms with Crippen molar-refractivity contribution in [3.63, 3.8) is 0 Å². The molecular weight excluding hydrogens is 223 g/mol. The maximum atomic E-state index is 10.1. The molecule has 0 aliphatic carbocycles. The molecular formula is C6H14O2Sn. The number of carbonyl (C=O) groups excluding carboxylic acids is 1. The molecule has 9 heavy (non-hydrogen) atoms. The number of hydrogen-bond donors (Lipinski definition) is 0. The average Bonchev–Trinajstić information content (AvgIpc) is 1.66. The standard InChI is InChI=1S/C6H12O2.Sn.2H/c1-3-4-5-8-6(2)7;;;/h3-5H2,1-2H3;;;. The summed E-state index contributed by atoms with van der Waals surface area (Å²) < 4.78 is 4.64. The third-order valence-electron chi connectivity index (χ3n) is 0.803. The van der Waals surface area contributed by atoms with E-state index in [1.165, 1.54) is 6.92 Å². The first-order valence-corrected chi connectivity index (χ1v) is 2.90. The second kappa shape index (κ2) is 8.27. The third-order valence-corrected chi connectivity index (χ3v) is 0.803. The van der Waals surface area contributed by atoms with Gasteiger partial charge < -0.3 is 4.74 Å². The molecule has 0 aromatic rings. The molecule has 0 aromatic carbocycles. The van der Waals surface area contributed by atoms with Gasteiger partial charge in [0.2, 0.25) is 0 Å². The summed E-state index contributed by atoms with van der Waals surface area (Å²) in [7, 11) is 0. The molecule has 0 saturated heterocycles. The van der Waals surface area contributed by atoms with Gasteiger partial charge in [0.05, 0.1) is 6.61 Å². The molecule has 2 radical (unpaired) electrons. The van der Waals surface area contributed by atoms with Gasteiger partial charge in [-0.05, 0) is 6.42 Å². The fraction of sp³-hybridized carbons (Fsp3) is 0.833. The Kier molecular flexibility index (Phi) is 11.0. The van der Waals surface area contributed by atoms with Crippen LogP contribution in [0.5, 0.6) is 0 Å². The summed E-state index contributed by atoms with van der Waals surface area (Å²) in [5, 5.41) is 0. The quantitative estimate of drug-likeness (QED) is 0.404. The van der Waals surface area contributed by atoms with Gasteiger partial charge in [0, 0.05) is 6.92 Å². The zero-order chi connectivity index (χ0) is 6.41. The summed E-state index contributed by atoms with van der Waals surface area (Å²) in [6, 6.07) is 0. The molecule has 0 N–H and O–H groups in total. The van der Waals surface area contributed by atoms with Gasteiger partial charge in [-0.2, -0.15) is 0 Å². The average molecular weight is 237 g/mol. The van der Waals surface area contributed by atoms with Crippen LogP contribution >= 0.6 is 0 Å². The van der Waals surface area contributed by atoms with E-state index in [2.05, 4.69) is 11.7 Å². The molecule has 0 aliphatic heterocycles. The van der Waals surface area contributed by atoms with Crippen LogP contribution in [0.3, 0.4) is 0 Å². The summed E-state index contributed by atoms with van der Waals surface area (Å²) in [5.74, 6) is -0.182. The molecule has 0 atom stereocenters. The van der Waals surface area contributed by atoms with Crippen LogP contribution in [0.15, 0.2) is 0 Å². The zero-order valence-electron chi connectivity index (χ0n) is 6.14. The molecule has 2 nitrogen and oxygen atoms in total. The first-order chi connectivity index (χ1) is 3.77. The Labute approximate surface area is 72.9 Å². The Bertz CT molecular complexity index is 73.5. The Morgan fingerprint density at radius 1 is 1.56 bits per heavy atom. The van der Waals surface area contributed by atoms with Gasteiger partial charge in [0.25, 0.3) is 0 Å². The fourth-order valence-electron chi connectivity index (χ4n) is 0.360. The predicted molar refractivity (Wildman–Crippen MR) is 40.1 cm³/mol. The van der Waals surface area contributed by atoms with Crippen molar-refractivity contribution in [1.29, 1.82) is 0 Å². The predicted octanol–water partition coefficient (Wildman–Crippen LogP) is 0.433. The second-order valence-electron chi connectivity index (χ2n) is 1.69. The normalized spacial score (nSPS) is 7.78. The molecule has 0 rings (SSSR count). The fourth-order valence-corrected chi connectivity index (χ4v) is 0.360. The van der Waals surface area contributed by atoms with Crippen molar-refractivity contribution in [1.82, 2.24) is 0 Å². The molecule has 0 saturated carbocycles.